The number of anilines is 1. The van der Waals surface area contributed by atoms with Gasteiger partial charge in [-0.25, -0.2) is 0 Å². The van der Waals surface area contributed by atoms with E-state index in [1.54, 1.807) is 0 Å². The second-order valence-corrected chi connectivity index (χ2v) is 8.43. The average Bonchev–Trinajstić information content (AvgIpc) is 2.72. The van der Waals surface area contributed by atoms with E-state index in [2.05, 4.69) is 38.7 Å². The number of hydrogen-bond acceptors (Lipinski definition) is 3. The van der Waals surface area contributed by atoms with Crippen LogP contribution in [-0.4, -0.2) is 31.6 Å². The van der Waals surface area contributed by atoms with Gasteiger partial charge in [-0.3, -0.25) is 9.59 Å². The lowest BCUT2D eigenvalue weighted by atomic mass is 9.74. The zero-order chi connectivity index (χ0) is 19.6. The summed E-state index contributed by atoms with van der Waals surface area (Å²) in [5, 5.41) is 6.00. The lowest BCUT2D eigenvalue weighted by Gasteiger charge is -2.38. The first kappa shape index (κ1) is 19.2. The molecule has 2 amide bonds. The maximum absolute atomic E-state index is 13.1. The van der Waals surface area contributed by atoms with Crippen LogP contribution in [0.4, 0.5) is 5.69 Å². The number of nitrogens with one attached hydrogen (secondary N) is 2. The van der Waals surface area contributed by atoms with Gasteiger partial charge in [-0.05, 0) is 42.2 Å². The van der Waals surface area contributed by atoms with Gasteiger partial charge in [0.05, 0.1) is 5.92 Å². The molecular formula is C22H23BrN2O3. The molecule has 5 nitrogen and oxygen atoms in total. The van der Waals surface area contributed by atoms with Crippen LogP contribution >= 0.6 is 15.9 Å². The third kappa shape index (κ3) is 3.84. The van der Waals surface area contributed by atoms with E-state index < -0.39 is 5.92 Å². The minimum absolute atomic E-state index is 0.0943. The van der Waals surface area contributed by atoms with Gasteiger partial charge in [0, 0.05) is 41.8 Å². The molecule has 2 N–H and O–H groups in total. The number of amides is 2. The smallest absolute Gasteiger partial charge is 0.228 e. The fourth-order valence-corrected chi connectivity index (χ4v) is 4.57. The molecule has 6 heteroatoms. The van der Waals surface area contributed by atoms with E-state index in [1.807, 2.05) is 36.4 Å². The van der Waals surface area contributed by atoms with E-state index >= 15 is 0 Å². The second-order valence-electron chi connectivity index (χ2n) is 7.51. The molecule has 0 saturated carbocycles. The van der Waals surface area contributed by atoms with Crippen LogP contribution in [0.25, 0.3) is 0 Å². The Labute approximate surface area is 173 Å². The van der Waals surface area contributed by atoms with Crippen molar-refractivity contribution in [1.82, 2.24) is 5.32 Å². The van der Waals surface area contributed by atoms with Crippen molar-refractivity contribution in [3.8, 4) is 0 Å². The largest absolute Gasteiger partial charge is 0.381 e. The average molecular weight is 443 g/mol. The lowest BCUT2D eigenvalue weighted by molar-refractivity contribution is -0.126. The minimum atomic E-state index is -0.454. The summed E-state index contributed by atoms with van der Waals surface area (Å²) in [7, 11) is 0. The van der Waals surface area contributed by atoms with Crippen LogP contribution in [0, 0.1) is 0 Å². The van der Waals surface area contributed by atoms with Crippen LogP contribution in [0.3, 0.4) is 0 Å². The number of benzene rings is 2. The molecule has 1 unspecified atom stereocenters. The highest BCUT2D eigenvalue weighted by molar-refractivity contribution is 9.10. The highest BCUT2D eigenvalue weighted by Gasteiger charge is 2.37. The molecule has 0 aromatic heterocycles. The Bertz CT molecular complexity index is 893. The third-order valence-electron chi connectivity index (χ3n) is 5.80. The van der Waals surface area contributed by atoms with Crippen molar-refractivity contribution in [2.24, 2.45) is 0 Å². The molecule has 2 aromatic rings. The van der Waals surface area contributed by atoms with Gasteiger partial charge < -0.3 is 15.4 Å². The Hall–Kier alpha value is -2.18. The summed E-state index contributed by atoms with van der Waals surface area (Å²) in [6.07, 6.45) is 1.88. The number of carbonyl (C=O) groups is 2. The molecule has 0 radical (unpaired) electrons. The quantitative estimate of drug-likeness (QED) is 0.757. The normalized spacial score (nSPS) is 20.8. The van der Waals surface area contributed by atoms with Gasteiger partial charge in [0.1, 0.15) is 0 Å². The van der Waals surface area contributed by atoms with Gasteiger partial charge in [-0.1, -0.05) is 46.3 Å². The summed E-state index contributed by atoms with van der Waals surface area (Å²) < 4.78 is 6.61. The number of carbonyl (C=O) groups excluding carboxylic acids is 2. The third-order valence-corrected chi connectivity index (χ3v) is 6.30. The first-order valence-corrected chi connectivity index (χ1v) is 10.4. The van der Waals surface area contributed by atoms with E-state index in [9.17, 15) is 9.59 Å². The summed E-state index contributed by atoms with van der Waals surface area (Å²) in [5.74, 6) is -0.667. The van der Waals surface area contributed by atoms with E-state index in [1.165, 1.54) is 5.56 Å². The predicted octanol–water partition coefficient (Wildman–Crippen LogP) is 3.74. The molecule has 2 heterocycles. The van der Waals surface area contributed by atoms with Gasteiger partial charge in [0.25, 0.3) is 0 Å². The second kappa shape index (κ2) is 8.05. The van der Waals surface area contributed by atoms with Gasteiger partial charge in [-0.2, -0.15) is 0 Å². The molecule has 0 spiro atoms. The van der Waals surface area contributed by atoms with Crippen LogP contribution in [0.2, 0.25) is 0 Å². The highest BCUT2D eigenvalue weighted by atomic mass is 79.9. The summed E-state index contributed by atoms with van der Waals surface area (Å²) in [6, 6.07) is 15.8. The minimum Gasteiger partial charge on any atom is -0.381 e. The Morgan fingerprint density at radius 3 is 2.75 bits per heavy atom. The van der Waals surface area contributed by atoms with E-state index in [0.29, 0.717) is 19.8 Å². The Morgan fingerprint density at radius 1 is 1.18 bits per heavy atom. The van der Waals surface area contributed by atoms with Crippen LogP contribution in [0.1, 0.15) is 36.3 Å². The fraction of sp³-hybridized carbons (Fsp3) is 0.364. The standard InChI is InChI=1S/C22H23BrN2O3/c23-16-5-3-4-15(12-16)22(8-10-28-11-9-22)14-24-21(27)18-13-20(26)25-19-7-2-1-6-17(18)19/h1-7,12,18H,8-11,13-14H2,(H,24,27)(H,25,26). The van der Waals surface area contributed by atoms with Gasteiger partial charge >= 0.3 is 0 Å². The summed E-state index contributed by atoms with van der Waals surface area (Å²) in [5.41, 5.74) is 2.65. The van der Waals surface area contributed by atoms with Crippen LogP contribution in [0.5, 0.6) is 0 Å². The summed E-state index contributed by atoms with van der Waals surface area (Å²) >= 11 is 3.56. The molecule has 2 aliphatic rings. The topological polar surface area (TPSA) is 67.4 Å². The maximum Gasteiger partial charge on any atom is 0.228 e. The molecule has 0 bridgehead atoms. The lowest BCUT2D eigenvalue weighted by Crippen LogP contribution is -2.46. The summed E-state index contributed by atoms with van der Waals surface area (Å²) in [4.78, 5) is 25.1. The molecule has 1 fully saturated rings. The van der Waals surface area contributed by atoms with Crippen molar-refractivity contribution in [2.45, 2.75) is 30.6 Å². The van der Waals surface area contributed by atoms with Gasteiger partial charge in [0.2, 0.25) is 11.8 Å². The van der Waals surface area contributed by atoms with E-state index in [4.69, 9.17) is 4.74 Å². The maximum atomic E-state index is 13.1. The van der Waals surface area contributed by atoms with Crippen LogP contribution in [0.15, 0.2) is 53.0 Å². The zero-order valence-electron chi connectivity index (χ0n) is 15.5. The molecule has 146 valence electrons. The van der Waals surface area contributed by atoms with Crippen molar-refractivity contribution in [3.05, 3.63) is 64.1 Å². The van der Waals surface area contributed by atoms with Crippen LogP contribution in [-0.2, 0) is 19.7 Å². The molecule has 4 rings (SSSR count). The number of fused-ring (bicyclic) bond motifs is 1. The van der Waals surface area contributed by atoms with Crippen molar-refractivity contribution in [1.29, 1.82) is 0 Å². The number of ether oxygens (including phenoxy) is 1. The molecule has 1 saturated heterocycles. The zero-order valence-corrected chi connectivity index (χ0v) is 17.1. The number of para-hydroxylation sites is 1. The van der Waals surface area contributed by atoms with Gasteiger partial charge in [0.15, 0.2) is 0 Å². The van der Waals surface area contributed by atoms with Crippen LogP contribution < -0.4 is 10.6 Å². The van der Waals surface area contributed by atoms with E-state index in [-0.39, 0.29) is 23.7 Å². The molecule has 28 heavy (non-hydrogen) atoms. The van der Waals surface area contributed by atoms with Gasteiger partial charge in [-0.15, -0.1) is 0 Å². The Kier molecular flexibility index (Phi) is 5.51. The van der Waals surface area contributed by atoms with Crippen molar-refractivity contribution >= 4 is 33.4 Å². The monoisotopic (exact) mass is 442 g/mol. The Balaban J connectivity index is 1.55. The van der Waals surface area contributed by atoms with Crippen molar-refractivity contribution in [2.75, 3.05) is 25.1 Å². The number of rotatable bonds is 4. The van der Waals surface area contributed by atoms with Crippen molar-refractivity contribution < 1.29 is 14.3 Å². The number of hydrogen-bond donors (Lipinski definition) is 2. The van der Waals surface area contributed by atoms with E-state index in [0.717, 1.165) is 28.6 Å². The molecule has 2 aromatic carbocycles. The highest BCUT2D eigenvalue weighted by Crippen LogP contribution is 2.36. The Morgan fingerprint density at radius 2 is 1.96 bits per heavy atom. The molecular weight excluding hydrogens is 420 g/mol. The first-order chi connectivity index (χ1) is 13.6. The van der Waals surface area contributed by atoms with Crippen molar-refractivity contribution in [3.63, 3.8) is 0 Å². The predicted molar refractivity (Wildman–Crippen MR) is 111 cm³/mol. The molecule has 1 atom stereocenters. The fourth-order valence-electron chi connectivity index (χ4n) is 4.17. The SMILES string of the molecule is O=C1CC(C(=O)NCC2(c3cccc(Br)c3)CCOCC2)c2ccccc2N1. The molecule has 0 aliphatic carbocycles. The number of halogens is 1. The summed E-state index contributed by atoms with van der Waals surface area (Å²) in [6.45, 7) is 1.89. The molecule has 2 aliphatic heterocycles. The first-order valence-electron chi connectivity index (χ1n) is 9.58.